The number of nitrogens with one attached hydrogen (secondary N) is 1. The molecule has 0 spiro atoms. The lowest BCUT2D eigenvalue weighted by atomic mass is 9.82. The maximum atomic E-state index is 12.3. The van der Waals surface area contributed by atoms with E-state index in [4.69, 9.17) is 5.73 Å². The summed E-state index contributed by atoms with van der Waals surface area (Å²) in [7, 11) is 0. The highest BCUT2D eigenvalue weighted by atomic mass is 16.3. The van der Waals surface area contributed by atoms with E-state index >= 15 is 0 Å². The Hall–Kier alpha value is -1.36. The van der Waals surface area contributed by atoms with Crippen molar-refractivity contribution in [3.05, 3.63) is 21.7 Å². The molecule has 0 unspecified atom stereocenters. The Bertz CT molecular complexity index is 541. The Labute approximate surface area is 118 Å². The number of aromatic amines is 1. The van der Waals surface area contributed by atoms with Crippen molar-refractivity contribution >= 4 is 0 Å². The highest BCUT2D eigenvalue weighted by Gasteiger charge is 2.34. The summed E-state index contributed by atoms with van der Waals surface area (Å²) in [6.07, 6.45) is 9.07. The molecule has 2 aliphatic carbocycles. The third-order valence-electron chi connectivity index (χ3n) is 4.92. The molecule has 20 heavy (non-hydrogen) atoms. The van der Waals surface area contributed by atoms with E-state index in [1.807, 2.05) is 0 Å². The standard InChI is InChI=1S/C15H23N3O2/c16-15(8-4-1-5-9-15)14-17-12(19)11(13(20)18-14)10-6-2-3-7-10/h10H,1-9,16H2,(H2,17,18,19,20). The summed E-state index contributed by atoms with van der Waals surface area (Å²) in [5.74, 6) is 0.507. The summed E-state index contributed by atoms with van der Waals surface area (Å²) >= 11 is 0. The summed E-state index contributed by atoms with van der Waals surface area (Å²) < 4.78 is 0. The first-order chi connectivity index (χ1) is 9.60. The molecule has 0 saturated heterocycles. The highest BCUT2D eigenvalue weighted by Crippen LogP contribution is 2.37. The maximum Gasteiger partial charge on any atom is 0.258 e. The summed E-state index contributed by atoms with van der Waals surface area (Å²) in [5.41, 5.74) is 6.06. The summed E-state index contributed by atoms with van der Waals surface area (Å²) in [5, 5.41) is 10.2. The third-order valence-corrected chi connectivity index (χ3v) is 4.92. The van der Waals surface area contributed by atoms with Gasteiger partial charge in [-0.25, -0.2) is 0 Å². The molecule has 0 bridgehead atoms. The lowest BCUT2D eigenvalue weighted by Crippen LogP contribution is -2.42. The van der Waals surface area contributed by atoms with Crippen LogP contribution in [0.25, 0.3) is 0 Å². The second kappa shape index (κ2) is 5.20. The molecule has 2 saturated carbocycles. The molecule has 5 heteroatoms. The van der Waals surface area contributed by atoms with Crippen molar-refractivity contribution in [1.82, 2.24) is 9.97 Å². The molecule has 0 aliphatic heterocycles. The topological polar surface area (TPSA) is 92.0 Å². The number of rotatable bonds is 2. The van der Waals surface area contributed by atoms with Crippen LogP contribution in [0.3, 0.4) is 0 Å². The van der Waals surface area contributed by atoms with Gasteiger partial charge in [-0.3, -0.25) is 4.79 Å². The van der Waals surface area contributed by atoms with Crippen molar-refractivity contribution in [3.8, 4) is 5.88 Å². The largest absolute Gasteiger partial charge is 0.493 e. The Morgan fingerprint density at radius 3 is 2.40 bits per heavy atom. The van der Waals surface area contributed by atoms with Crippen LogP contribution < -0.4 is 11.3 Å². The lowest BCUT2D eigenvalue weighted by molar-refractivity contribution is 0.281. The third kappa shape index (κ3) is 2.35. The smallest absolute Gasteiger partial charge is 0.258 e. The quantitative estimate of drug-likeness (QED) is 0.773. The van der Waals surface area contributed by atoms with Crippen LogP contribution in [0.5, 0.6) is 5.88 Å². The molecule has 3 rings (SSSR count). The number of aromatic hydroxyl groups is 1. The predicted octanol–water partition coefficient (Wildman–Crippen LogP) is 2.25. The van der Waals surface area contributed by atoms with Gasteiger partial charge in [0.15, 0.2) is 0 Å². The Kier molecular flexibility index (Phi) is 3.54. The van der Waals surface area contributed by atoms with Crippen LogP contribution >= 0.6 is 0 Å². The number of nitrogens with two attached hydrogens (primary N) is 1. The maximum absolute atomic E-state index is 12.3. The molecule has 0 radical (unpaired) electrons. The normalized spacial score (nSPS) is 23.1. The van der Waals surface area contributed by atoms with Gasteiger partial charge in [0.05, 0.1) is 11.1 Å². The zero-order valence-electron chi connectivity index (χ0n) is 11.8. The average molecular weight is 277 g/mol. The van der Waals surface area contributed by atoms with Gasteiger partial charge in [-0.2, -0.15) is 4.98 Å². The molecule has 1 aromatic heterocycles. The molecule has 2 aliphatic rings. The zero-order chi connectivity index (χ0) is 14.2. The van der Waals surface area contributed by atoms with E-state index in [9.17, 15) is 9.90 Å². The van der Waals surface area contributed by atoms with Crippen LogP contribution in [0.15, 0.2) is 4.79 Å². The van der Waals surface area contributed by atoms with Gasteiger partial charge in [0.2, 0.25) is 5.88 Å². The summed E-state index contributed by atoms with van der Waals surface area (Å²) in [4.78, 5) is 19.4. The fourth-order valence-corrected chi connectivity index (χ4v) is 3.71. The first-order valence-corrected chi connectivity index (χ1v) is 7.73. The van der Waals surface area contributed by atoms with Crippen molar-refractivity contribution in [2.24, 2.45) is 5.73 Å². The van der Waals surface area contributed by atoms with Gasteiger partial charge in [-0.1, -0.05) is 32.1 Å². The minimum Gasteiger partial charge on any atom is -0.493 e. The van der Waals surface area contributed by atoms with E-state index in [0.717, 1.165) is 51.4 Å². The fourth-order valence-electron chi connectivity index (χ4n) is 3.71. The molecule has 4 N–H and O–H groups in total. The highest BCUT2D eigenvalue weighted by molar-refractivity contribution is 5.29. The number of aromatic nitrogens is 2. The number of H-pyrrole nitrogens is 1. The molecule has 110 valence electrons. The molecule has 2 fully saturated rings. The fraction of sp³-hybridized carbons (Fsp3) is 0.733. The van der Waals surface area contributed by atoms with E-state index in [1.54, 1.807) is 0 Å². The van der Waals surface area contributed by atoms with Crippen molar-refractivity contribution in [2.45, 2.75) is 69.2 Å². The number of nitrogens with zero attached hydrogens (tertiary/aromatic N) is 1. The van der Waals surface area contributed by atoms with E-state index in [2.05, 4.69) is 9.97 Å². The Morgan fingerprint density at radius 2 is 1.80 bits per heavy atom. The average Bonchev–Trinajstić information content (AvgIpc) is 2.92. The van der Waals surface area contributed by atoms with E-state index in [0.29, 0.717) is 11.4 Å². The zero-order valence-corrected chi connectivity index (χ0v) is 11.8. The molecule has 0 amide bonds. The number of hydrogen-bond acceptors (Lipinski definition) is 4. The Balaban J connectivity index is 1.97. The lowest BCUT2D eigenvalue weighted by Gasteiger charge is -2.32. The van der Waals surface area contributed by atoms with Crippen molar-refractivity contribution in [2.75, 3.05) is 0 Å². The van der Waals surface area contributed by atoms with Crippen LogP contribution in [0.1, 0.15) is 75.1 Å². The first-order valence-electron chi connectivity index (χ1n) is 7.73. The molecule has 1 heterocycles. The van der Waals surface area contributed by atoms with Gasteiger partial charge < -0.3 is 15.8 Å². The molecule has 5 nitrogen and oxygen atoms in total. The minimum absolute atomic E-state index is 0.106. The van der Waals surface area contributed by atoms with Crippen LogP contribution in [0.4, 0.5) is 0 Å². The SMILES string of the molecule is NC1(c2nc(O)c(C3CCCC3)c(=O)[nH]2)CCCCC1. The number of hydrogen-bond donors (Lipinski definition) is 3. The second-order valence-electron chi connectivity index (χ2n) is 6.35. The van der Waals surface area contributed by atoms with Gasteiger partial charge in [-0.15, -0.1) is 0 Å². The van der Waals surface area contributed by atoms with E-state index < -0.39 is 5.54 Å². The van der Waals surface area contributed by atoms with Crippen molar-refractivity contribution in [1.29, 1.82) is 0 Å². The van der Waals surface area contributed by atoms with Gasteiger partial charge in [0, 0.05) is 0 Å². The van der Waals surface area contributed by atoms with E-state index in [-0.39, 0.29) is 17.4 Å². The Morgan fingerprint density at radius 1 is 1.15 bits per heavy atom. The summed E-state index contributed by atoms with van der Waals surface area (Å²) in [6.45, 7) is 0. The van der Waals surface area contributed by atoms with E-state index in [1.165, 1.54) is 6.42 Å². The predicted molar refractivity (Wildman–Crippen MR) is 76.7 cm³/mol. The van der Waals surface area contributed by atoms with Gasteiger partial charge in [0.25, 0.3) is 5.56 Å². The second-order valence-corrected chi connectivity index (χ2v) is 6.35. The molecule has 1 aromatic rings. The molecular weight excluding hydrogens is 254 g/mol. The molecule has 0 aromatic carbocycles. The van der Waals surface area contributed by atoms with Gasteiger partial charge in [0.1, 0.15) is 5.82 Å². The summed E-state index contributed by atoms with van der Waals surface area (Å²) in [6, 6.07) is 0. The van der Waals surface area contributed by atoms with Crippen LogP contribution in [0, 0.1) is 0 Å². The minimum atomic E-state index is -0.580. The van der Waals surface area contributed by atoms with Crippen LogP contribution in [0.2, 0.25) is 0 Å². The molecular formula is C15H23N3O2. The molecule has 0 atom stereocenters. The van der Waals surface area contributed by atoms with Crippen molar-refractivity contribution in [3.63, 3.8) is 0 Å². The van der Waals surface area contributed by atoms with Gasteiger partial charge in [-0.05, 0) is 31.6 Å². The van der Waals surface area contributed by atoms with Gasteiger partial charge >= 0.3 is 0 Å². The van der Waals surface area contributed by atoms with Crippen molar-refractivity contribution < 1.29 is 5.11 Å². The first kappa shape index (κ1) is 13.6. The van der Waals surface area contributed by atoms with Crippen LogP contribution in [-0.2, 0) is 5.54 Å². The van der Waals surface area contributed by atoms with Crippen LogP contribution in [-0.4, -0.2) is 15.1 Å². The monoisotopic (exact) mass is 277 g/mol.